The molecule has 0 spiro atoms. The molecular weight excluding hydrogens is 273 g/mol. The minimum atomic E-state index is -1.01. The van der Waals surface area contributed by atoms with Crippen molar-refractivity contribution in [1.29, 1.82) is 0 Å². The van der Waals surface area contributed by atoms with E-state index < -0.39 is 23.1 Å². The summed E-state index contributed by atoms with van der Waals surface area (Å²) in [7, 11) is 0. The number of benzene rings is 1. The van der Waals surface area contributed by atoms with Gasteiger partial charge in [-0.15, -0.1) is 0 Å². The quantitative estimate of drug-likeness (QED) is 0.879. The summed E-state index contributed by atoms with van der Waals surface area (Å²) in [5.41, 5.74) is 0.252. The Morgan fingerprint density at radius 3 is 2.62 bits per heavy atom. The van der Waals surface area contributed by atoms with Gasteiger partial charge in [0.1, 0.15) is 5.82 Å². The Balaban J connectivity index is 2.13. The third kappa shape index (κ3) is 2.03. The third-order valence-corrected chi connectivity index (χ3v) is 4.90. The Morgan fingerprint density at radius 2 is 2.00 bits per heavy atom. The highest BCUT2D eigenvalue weighted by molar-refractivity contribution is 6.03. The molecule has 4 nitrogen and oxygen atoms in total. The first-order valence-electron chi connectivity index (χ1n) is 7.34. The molecule has 1 aromatic carbocycles. The van der Waals surface area contributed by atoms with E-state index in [2.05, 4.69) is 5.32 Å². The van der Waals surface area contributed by atoms with Gasteiger partial charge in [-0.1, -0.05) is 25.3 Å². The van der Waals surface area contributed by atoms with Crippen molar-refractivity contribution in [2.75, 3.05) is 5.32 Å². The molecule has 2 N–H and O–H groups in total. The minimum Gasteiger partial charge on any atom is -0.481 e. The molecule has 21 heavy (non-hydrogen) atoms. The highest BCUT2D eigenvalue weighted by Gasteiger charge is 2.43. The van der Waals surface area contributed by atoms with Crippen molar-refractivity contribution in [3.8, 4) is 0 Å². The average molecular weight is 291 g/mol. The standard InChI is InChI=1S/C16H18FNO3/c1-9-11-7-10(8-12(17)13(11)18-14(9)19)16(15(20)21)5-3-2-4-6-16/h7-9H,2-6H2,1H3,(H,18,19)(H,20,21). The van der Waals surface area contributed by atoms with Crippen molar-refractivity contribution in [3.63, 3.8) is 0 Å². The van der Waals surface area contributed by atoms with Gasteiger partial charge in [0, 0.05) is 0 Å². The lowest BCUT2D eigenvalue weighted by molar-refractivity contribution is -0.145. The fourth-order valence-corrected chi connectivity index (χ4v) is 3.53. The van der Waals surface area contributed by atoms with Crippen molar-refractivity contribution >= 4 is 17.6 Å². The molecule has 1 aliphatic carbocycles. The van der Waals surface area contributed by atoms with Crippen molar-refractivity contribution in [2.24, 2.45) is 0 Å². The van der Waals surface area contributed by atoms with Crippen molar-refractivity contribution in [3.05, 3.63) is 29.1 Å². The van der Waals surface area contributed by atoms with Gasteiger partial charge in [0.05, 0.1) is 17.0 Å². The number of fused-ring (bicyclic) bond motifs is 1. The minimum absolute atomic E-state index is 0.201. The molecule has 1 fully saturated rings. The van der Waals surface area contributed by atoms with Crippen LogP contribution in [0.3, 0.4) is 0 Å². The molecule has 2 aliphatic rings. The van der Waals surface area contributed by atoms with Crippen LogP contribution in [0.15, 0.2) is 12.1 Å². The maximum atomic E-state index is 14.3. The molecular formula is C16H18FNO3. The summed E-state index contributed by atoms with van der Waals surface area (Å²) in [6.07, 6.45) is 3.72. The highest BCUT2D eigenvalue weighted by Crippen LogP contribution is 2.44. The number of amides is 1. The predicted molar refractivity (Wildman–Crippen MR) is 75.8 cm³/mol. The van der Waals surface area contributed by atoms with Gasteiger partial charge < -0.3 is 10.4 Å². The van der Waals surface area contributed by atoms with Crippen molar-refractivity contribution < 1.29 is 19.1 Å². The zero-order chi connectivity index (χ0) is 15.2. The van der Waals surface area contributed by atoms with Crippen LogP contribution in [0.1, 0.15) is 56.1 Å². The Labute approximate surface area is 122 Å². The van der Waals surface area contributed by atoms with Crippen LogP contribution in [0.5, 0.6) is 0 Å². The molecule has 1 unspecified atom stereocenters. The number of carbonyl (C=O) groups excluding carboxylic acids is 1. The predicted octanol–water partition coefficient (Wildman–Crippen LogP) is 3.17. The molecule has 112 valence electrons. The molecule has 1 saturated carbocycles. The van der Waals surface area contributed by atoms with E-state index in [0.717, 1.165) is 19.3 Å². The number of carboxylic acids is 1. The first-order chi connectivity index (χ1) is 9.95. The molecule has 0 aromatic heterocycles. The molecule has 1 heterocycles. The lowest BCUT2D eigenvalue weighted by Gasteiger charge is -2.34. The van der Waals surface area contributed by atoms with Crippen molar-refractivity contribution in [2.45, 2.75) is 50.4 Å². The number of carbonyl (C=O) groups is 2. The monoisotopic (exact) mass is 291 g/mol. The van der Waals surface area contributed by atoms with Gasteiger partial charge >= 0.3 is 5.97 Å². The maximum absolute atomic E-state index is 14.3. The fourth-order valence-electron chi connectivity index (χ4n) is 3.53. The number of hydrogen-bond acceptors (Lipinski definition) is 2. The summed E-state index contributed by atoms with van der Waals surface area (Å²) in [5, 5.41) is 12.2. The summed E-state index contributed by atoms with van der Waals surface area (Å²) < 4.78 is 14.3. The van der Waals surface area contributed by atoms with Gasteiger partial charge in [-0.2, -0.15) is 0 Å². The molecule has 1 amide bonds. The number of aliphatic carboxylic acids is 1. The number of carboxylic acid groups (broad SMARTS) is 1. The van der Waals surface area contributed by atoms with Gasteiger partial charge in [-0.05, 0) is 37.0 Å². The first-order valence-corrected chi connectivity index (χ1v) is 7.34. The largest absolute Gasteiger partial charge is 0.481 e. The maximum Gasteiger partial charge on any atom is 0.314 e. The first kappa shape index (κ1) is 14.0. The van der Waals surface area contributed by atoms with Crippen molar-refractivity contribution in [1.82, 2.24) is 0 Å². The van der Waals surface area contributed by atoms with E-state index in [0.29, 0.717) is 24.0 Å². The van der Waals surface area contributed by atoms with Gasteiger partial charge in [-0.25, -0.2) is 4.39 Å². The Hall–Kier alpha value is -1.91. The number of anilines is 1. The van der Waals surface area contributed by atoms with Crippen LogP contribution in [0.25, 0.3) is 0 Å². The second-order valence-electron chi connectivity index (χ2n) is 6.08. The van der Waals surface area contributed by atoms with E-state index in [-0.39, 0.29) is 11.6 Å². The number of halogens is 1. The Kier molecular flexibility index (Phi) is 3.23. The molecule has 1 aliphatic heterocycles. The number of rotatable bonds is 2. The third-order valence-electron chi connectivity index (χ3n) is 4.90. The second-order valence-corrected chi connectivity index (χ2v) is 6.08. The lowest BCUT2D eigenvalue weighted by atomic mass is 9.69. The van der Waals surface area contributed by atoms with E-state index >= 15 is 0 Å². The summed E-state index contributed by atoms with van der Waals surface area (Å²) in [6.45, 7) is 1.71. The molecule has 1 aromatic rings. The van der Waals surface area contributed by atoms with Crippen LogP contribution in [-0.2, 0) is 15.0 Å². The van der Waals surface area contributed by atoms with Gasteiger partial charge in [-0.3, -0.25) is 9.59 Å². The summed E-state index contributed by atoms with van der Waals surface area (Å²) in [5.74, 6) is -2.11. The Morgan fingerprint density at radius 1 is 1.33 bits per heavy atom. The summed E-state index contributed by atoms with van der Waals surface area (Å²) >= 11 is 0. The summed E-state index contributed by atoms with van der Waals surface area (Å²) in [6, 6.07) is 3.00. The van der Waals surface area contributed by atoms with Crippen LogP contribution in [0.2, 0.25) is 0 Å². The smallest absolute Gasteiger partial charge is 0.314 e. The molecule has 0 bridgehead atoms. The van der Waals surface area contributed by atoms with E-state index in [4.69, 9.17) is 0 Å². The van der Waals surface area contributed by atoms with Crippen LogP contribution >= 0.6 is 0 Å². The van der Waals surface area contributed by atoms with Gasteiger partial charge in [0.2, 0.25) is 5.91 Å². The van der Waals surface area contributed by atoms with Gasteiger partial charge in [0.25, 0.3) is 0 Å². The molecule has 0 radical (unpaired) electrons. The Bertz CT molecular complexity index is 620. The van der Waals surface area contributed by atoms with E-state index in [1.54, 1.807) is 13.0 Å². The second kappa shape index (κ2) is 4.83. The van der Waals surface area contributed by atoms with E-state index in [1.165, 1.54) is 6.07 Å². The topological polar surface area (TPSA) is 66.4 Å². The molecule has 5 heteroatoms. The van der Waals surface area contributed by atoms with Crippen LogP contribution in [0.4, 0.5) is 10.1 Å². The fraction of sp³-hybridized carbons (Fsp3) is 0.500. The van der Waals surface area contributed by atoms with Crippen LogP contribution < -0.4 is 5.32 Å². The van der Waals surface area contributed by atoms with Gasteiger partial charge in [0.15, 0.2) is 0 Å². The summed E-state index contributed by atoms with van der Waals surface area (Å²) in [4.78, 5) is 23.5. The zero-order valence-corrected chi connectivity index (χ0v) is 11.9. The van der Waals surface area contributed by atoms with Crippen LogP contribution in [0, 0.1) is 5.82 Å². The average Bonchev–Trinajstić information content (AvgIpc) is 2.76. The molecule has 0 saturated heterocycles. The number of hydrogen-bond donors (Lipinski definition) is 2. The zero-order valence-electron chi connectivity index (χ0n) is 11.9. The SMILES string of the molecule is CC1C(=O)Nc2c(F)cc(C3(C(=O)O)CCCCC3)cc21. The highest BCUT2D eigenvalue weighted by atomic mass is 19.1. The van der Waals surface area contributed by atoms with E-state index in [9.17, 15) is 19.1 Å². The number of nitrogens with one attached hydrogen (secondary N) is 1. The lowest BCUT2D eigenvalue weighted by Crippen LogP contribution is -2.38. The van der Waals surface area contributed by atoms with Crippen LogP contribution in [-0.4, -0.2) is 17.0 Å². The molecule has 1 atom stereocenters. The molecule has 3 rings (SSSR count). The normalized spacial score (nSPS) is 23.5. The van der Waals surface area contributed by atoms with E-state index in [1.807, 2.05) is 0 Å².